The minimum absolute atomic E-state index is 0.107. The molecule has 1 aliphatic heterocycles. The second kappa shape index (κ2) is 6.47. The van der Waals surface area contributed by atoms with Gasteiger partial charge in [0.25, 0.3) is 0 Å². The molecule has 0 bridgehead atoms. The Morgan fingerprint density at radius 2 is 2.16 bits per heavy atom. The number of benzene rings is 1. The van der Waals surface area contributed by atoms with Gasteiger partial charge in [-0.2, -0.15) is 0 Å². The van der Waals surface area contributed by atoms with E-state index >= 15 is 0 Å². The van der Waals surface area contributed by atoms with Crippen LogP contribution in [0.2, 0.25) is 0 Å². The van der Waals surface area contributed by atoms with Crippen molar-refractivity contribution >= 4 is 10.0 Å². The van der Waals surface area contributed by atoms with Crippen LogP contribution in [0.4, 0.5) is 0 Å². The zero-order chi connectivity index (χ0) is 13.7. The molecule has 1 atom stereocenters. The molecule has 0 saturated carbocycles. The molecule has 0 amide bonds. The van der Waals surface area contributed by atoms with Crippen LogP contribution in [0.1, 0.15) is 23.6 Å². The van der Waals surface area contributed by atoms with Gasteiger partial charge in [0.15, 0.2) is 0 Å². The fourth-order valence-corrected chi connectivity index (χ4v) is 2.93. The van der Waals surface area contributed by atoms with Crippen molar-refractivity contribution in [2.75, 3.05) is 25.9 Å². The Morgan fingerprint density at radius 3 is 2.95 bits per heavy atom. The number of sulfonamides is 1. The van der Waals surface area contributed by atoms with Crippen LogP contribution in [0.5, 0.6) is 0 Å². The van der Waals surface area contributed by atoms with Crippen molar-refractivity contribution in [3.63, 3.8) is 0 Å². The molecule has 1 heterocycles. The molecule has 0 spiro atoms. The average Bonchev–Trinajstić information content (AvgIpc) is 2.61. The first-order valence-electron chi connectivity index (χ1n) is 6.55. The molecular weight excluding hydrogens is 262 g/mol. The SMILES string of the molecule is CNS(=O)(=O)CCNC1CCNCc2ccccc21. The molecule has 1 aromatic rings. The summed E-state index contributed by atoms with van der Waals surface area (Å²) in [5.74, 6) is 0.107. The molecular formula is C13H21N3O2S. The Labute approximate surface area is 114 Å². The van der Waals surface area contributed by atoms with Crippen LogP contribution in [0, 0.1) is 0 Å². The van der Waals surface area contributed by atoms with Gasteiger partial charge in [0.1, 0.15) is 0 Å². The first-order chi connectivity index (χ1) is 9.12. The van der Waals surface area contributed by atoms with Crippen molar-refractivity contribution in [1.82, 2.24) is 15.4 Å². The van der Waals surface area contributed by atoms with Crippen molar-refractivity contribution in [2.45, 2.75) is 19.0 Å². The third-order valence-corrected chi connectivity index (χ3v) is 4.79. The maximum atomic E-state index is 11.4. The summed E-state index contributed by atoms with van der Waals surface area (Å²) >= 11 is 0. The van der Waals surface area contributed by atoms with Crippen LogP contribution in [0.15, 0.2) is 24.3 Å². The van der Waals surface area contributed by atoms with E-state index in [1.807, 2.05) is 12.1 Å². The molecule has 3 N–H and O–H groups in total. The Balaban J connectivity index is 2.00. The lowest BCUT2D eigenvalue weighted by Crippen LogP contribution is -2.32. The summed E-state index contributed by atoms with van der Waals surface area (Å²) in [6, 6.07) is 8.52. The van der Waals surface area contributed by atoms with E-state index in [1.165, 1.54) is 18.2 Å². The van der Waals surface area contributed by atoms with Gasteiger partial charge in [-0.15, -0.1) is 0 Å². The molecule has 0 radical (unpaired) electrons. The second-order valence-corrected chi connectivity index (χ2v) is 6.74. The van der Waals surface area contributed by atoms with E-state index in [1.54, 1.807) is 0 Å². The second-order valence-electron chi connectivity index (χ2n) is 4.69. The van der Waals surface area contributed by atoms with Gasteiger partial charge in [0.2, 0.25) is 10.0 Å². The molecule has 1 aromatic carbocycles. The Hall–Kier alpha value is -0.950. The summed E-state index contributed by atoms with van der Waals surface area (Å²) in [6.45, 7) is 2.27. The fraction of sp³-hybridized carbons (Fsp3) is 0.538. The van der Waals surface area contributed by atoms with E-state index in [0.717, 1.165) is 19.5 Å². The van der Waals surface area contributed by atoms with E-state index in [0.29, 0.717) is 6.54 Å². The van der Waals surface area contributed by atoms with Crippen LogP contribution >= 0.6 is 0 Å². The maximum Gasteiger partial charge on any atom is 0.212 e. The summed E-state index contributed by atoms with van der Waals surface area (Å²) in [5, 5.41) is 6.73. The predicted octanol–water partition coefficient (Wildman–Crippen LogP) is 0.360. The number of hydrogen-bond donors (Lipinski definition) is 3. The third kappa shape index (κ3) is 4.01. The fourth-order valence-electron chi connectivity index (χ4n) is 2.34. The first-order valence-corrected chi connectivity index (χ1v) is 8.21. The van der Waals surface area contributed by atoms with Crippen LogP contribution in [-0.4, -0.2) is 34.3 Å². The predicted molar refractivity (Wildman–Crippen MR) is 76.4 cm³/mol. The summed E-state index contributed by atoms with van der Waals surface area (Å²) < 4.78 is 25.1. The number of rotatable bonds is 5. The van der Waals surface area contributed by atoms with E-state index in [-0.39, 0.29) is 11.8 Å². The monoisotopic (exact) mass is 283 g/mol. The van der Waals surface area contributed by atoms with E-state index in [4.69, 9.17) is 0 Å². The lowest BCUT2D eigenvalue weighted by atomic mass is 9.99. The van der Waals surface area contributed by atoms with Crippen molar-refractivity contribution in [2.24, 2.45) is 0 Å². The van der Waals surface area contributed by atoms with Crippen molar-refractivity contribution < 1.29 is 8.42 Å². The molecule has 5 nitrogen and oxygen atoms in total. The van der Waals surface area contributed by atoms with Gasteiger partial charge in [-0.25, -0.2) is 13.1 Å². The highest BCUT2D eigenvalue weighted by Crippen LogP contribution is 2.23. The molecule has 1 unspecified atom stereocenters. The van der Waals surface area contributed by atoms with Crippen LogP contribution in [0.25, 0.3) is 0 Å². The van der Waals surface area contributed by atoms with E-state index in [9.17, 15) is 8.42 Å². The first kappa shape index (κ1) is 14.5. The number of fused-ring (bicyclic) bond motifs is 1. The normalized spacial score (nSPS) is 19.7. The van der Waals surface area contributed by atoms with Gasteiger partial charge in [0, 0.05) is 19.1 Å². The lowest BCUT2D eigenvalue weighted by Gasteiger charge is -2.19. The molecule has 6 heteroatoms. The largest absolute Gasteiger partial charge is 0.313 e. The average molecular weight is 283 g/mol. The van der Waals surface area contributed by atoms with Gasteiger partial charge in [-0.1, -0.05) is 24.3 Å². The zero-order valence-corrected chi connectivity index (χ0v) is 12.0. The highest BCUT2D eigenvalue weighted by molar-refractivity contribution is 7.89. The molecule has 19 heavy (non-hydrogen) atoms. The molecule has 106 valence electrons. The summed E-state index contributed by atoms with van der Waals surface area (Å²) in [4.78, 5) is 0. The summed E-state index contributed by atoms with van der Waals surface area (Å²) in [6.07, 6.45) is 0.969. The quantitative estimate of drug-likeness (QED) is 0.730. The van der Waals surface area contributed by atoms with Gasteiger partial charge < -0.3 is 10.6 Å². The third-order valence-electron chi connectivity index (χ3n) is 3.43. The molecule has 1 aliphatic rings. The van der Waals surface area contributed by atoms with Gasteiger partial charge >= 0.3 is 0 Å². The Morgan fingerprint density at radius 1 is 1.37 bits per heavy atom. The van der Waals surface area contributed by atoms with Crippen LogP contribution in [-0.2, 0) is 16.6 Å². The van der Waals surface area contributed by atoms with Crippen molar-refractivity contribution in [3.8, 4) is 0 Å². The highest BCUT2D eigenvalue weighted by Gasteiger charge is 2.18. The van der Waals surface area contributed by atoms with Crippen molar-refractivity contribution in [1.29, 1.82) is 0 Å². The van der Waals surface area contributed by atoms with E-state index in [2.05, 4.69) is 27.5 Å². The number of hydrogen-bond acceptors (Lipinski definition) is 4. The molecule has 0 saturated heterocycles. The lowest BCUT2D eigenvalue weighted by molar-refractivity contribution is 0.507. The van der Waals surface area contributed by atoms with Crippen LogP contribution < -0.4 is 15.4 Å². The topological polar surface area (TPSA) is 70.2 Å². The smallest absolute Gasteiger partial charge is 0.212 e. The van der Waals surface area contributed by atoms with Gasteiger partial charge in [-0.3, -0.25) is 0 Å². The molecule has 0 fully saturated rings. The molecule has 0 aromatic heterocycles. The summed E-state index contributed by atoms with van der Waals surface area (Å²) in [5.41, 5.74) is 2.56. The van der Waals surface area contributed by atoms with E-state index < -0.39 is 10.0 Å². The van der Waals surface area contributed by atoms with Crippen LogP contribution in [0.3, 0.4) is 0 Å². The Bertz CT molecular complexity index is 516. The maximum absolute atomic E-state index is 11.4. The highest BCUT2D eigenvalue weighted by atomic mass is 32.2. The van der Waals surface area contributed by atoms with Gasteiger partial charge in [-0.05, 0) is 31.1 Å². The minimum Gasteiger partial charge on any atom is -0.313 e. The zero-order valence-electron chi connectivity index (χ0n) is 11.1. The number of nitrogens with one attached hydrogen (secondary N) is 3. The molecule has 0 aliphatic carbocycles. The standard InChI is InChI=1S/C13H21N3O2S/c1-14-19(17,18)9-8-16-13-6-7-15-10-11-4-2-3-5-12(11)13/h2-5,13-16H,6-10H2,1H3. The summed E-state index contributed by atoms with van der Waals surface area (Å²) in [7, 11) is -1.69. The molecule has 2 rings (SSSR count). The van der Waals surface area contributed by atoms with Gasteiger partial charge in [0.05, 0.1) is 5.75 Å². The minimum atomic E-state index is -3.13. The van der Waals surface area contributed by atoms with Crippen molar-refractivity contribution in [3.05, 3.63) is 35.4 Å². The Kier molecular flexibility index (Phi) is 4.93.